The van der Waals surface area contributed by atoms with Gasteiger partial charge in [-0.1, -0.05) is 58.7 Å². The van der Waals surface area contributed by atoms with Crippen molar-refractivity contribution in [3.05, 3.63) is 70.2 Å². The van der Waals surface area contributed by atoms with Crippen molar-refractivity contribution < 1.29 is 14.1 Å². The van der Waals surface area contributed by atoms with Crippen LogP contribution in [0.4, 0.5) is 0 Å². The van der Waals surface area contributed by atoms with Crippen molar-refractivity contribution in [2.24, 2.45) is 0 Å². The van der Waals surface area contributed by atoms with Crippen molar-refractivity contribution >= 4 is 40.3 Å². The van der Waals surface area contributed by atoms with Gasteiger partial charge in [0, 0.05) is 16.1 Å². The van der Waals surface area contributed by atoms with Crippen molar-refractivity contribution in [1.82, 2.24) is 10.1 Å². The molecule has 0 atom stereocenters. The molecule has 5 nitrogen and oxygen atoms in total. The minimum absolute atomic E-state index is 0.220. The second-order valence-electron chi connectivity index (χ2n) is 5.75. The van der Waals surface area contributed by atoms with Crippen LogP contribution in [0.1, 0.15) is 10.4 Å². The highest BCUT2D eigenvalue weighted by Gasteiger charge is 2.23. The molecule has 0 N–H and O–H groups in total. The van der Waals surface area contributed by atoms with Crippen LogP contribution in [0.2, 0.25) is 10.0 Å². The molecule has 0 bridgehead atoms. The second-order valence-corrected chi connectivity index (χ2v) is 6.59. The maximum atomic E-state index is 12.5. The number of pyridine rings is 1. The molecule has 0 fully saturated rings. The first kappa shape index (κ1) is 17.5. The van der Waals surface area contributed by atoms with Gasteiger partial charge in [0.2, 0.25) is 0 Å². The summed E-state index contributed by atoms with van der Waals surface area (Å²) in [6.07, 6.45) is 0. The van der Waals surface area contributed by atoms with Crippen LogP contribution in [0, 0.1) is 0 Å². The van der Waals surface area contributed by atoms with Gasteiger partial charge in [-0.2, -0.15) is 0 Å². The summed E-state index contributed by atoms with van der Waals surface area (Å²) in [6, 6.07) is 16.1. The highest BCUT2D eigenvalue weighted by molar-refractivity contribution is 6.36. The fourth-order valence-corrected chi connectivity index (χ4v) is 3.36. The second kappa shape index (κ2) is 7.02. The Morgan fingerprint density at radius 3 is 2.56 bits per heavy atom. The summed E-state index contributed by atoms with van der Waals surface area (Å²) in [4.78, 5) is 17.0. The number of methoxy groups -OCH3 is 1. The van der Waals surface area contributed by atoms with Crippen molar-refractivity contribution in [3.63, 3.8) is 0 Å². The summed E-state index contributed by atoms with van der Waals surface area (Å²) in [6.45, 7) is 0. The number of carbonyl (C=O) groups excluding carboxylic acids is 1. The number of halogens is 2. The molecule has 0 aliphatic rings. The van der Waals surface area contributed by atoms with E-state index in [1.54, 1.807) is 24.3 Å². The Balaban J connectivity index is 1.99. The quantitative estimate of drug-likeness (QED) is 0.417. The van der Waals surface area contributed by atoms with Gasteiger partial charge < -0.3 is 9.26 Å². The smallest absolute Gasteiger partial charge is 0.338 e. The lowest BCUT2D eigenvalue weighted by molar-refractivity contribution is 0.0603. The molecule has 0 saturated heterocycles. The van der Waals surface area contributed by atoms with E-state index in [-0.39, 0.29) is 5.71 Å². The monoisotopic (exact) mass is 398 g/mol. The summed E-state index contributed by atoms with van der Waals surface area (Å²) in [7, 11) is 1.32. The molecule has 27 heavy (non-hydrogen) atoms. The maximum absolute atomic E-state index is 12.5. The van der Waals surface area contributed by atoms with Gasteiger partial charge >= 0.3 is 5.97 Å². The molecule has 7 heteroatoms. The van der Waals surface area contributed by atoms with Gasteiger partial charge in [-0.05, 0) is 24.3 Å². The average Bonchev–Trinajstić information content (AvgIpc) is 3.11. The molecule has 2 heterocycles. The van der Waals surface area contributed by atoms with E-state index in [2.05, 4.69) is 10.1 Å². The lowest BCUT2D eigenvalue weighted by Gasteiger charge is -2.08. The van der Waals surface area contributed by atoms with Crippen LogP contribution in [0.15, 0.2) is 59.1 Å². The Bertz CT molecular complexity index is 1160. The third kappa shape index (κ3) is 3.16. The molecule has 0 unspecified atom stereocenters. The van der Waals surface area contributed by atoms with E-state index in [0.717, 1.165) is 5.56 Å². The minimum atomic E-state index is -0.519. The number of esters is 1. The number of aromatic nitrogens is 2. The topological polar surface area (TPSA) is 65.2 Å². The molecule has 0 spiro atoms. The Morgan fingerprint density at radius 2 is 1.85 bits per heavy atom. The molecule has 134 valence electrons. The van der Waals surface area contributed by atoms with Gasteiger partial charge in [0.05, 0.1) is 28.8 Å². The summed E-state index contributed by atoms with van der Waals surface area (Å²) in [5.41, 5.74) is 2.92. The first-order chi connectivity index (χ1) is 13.1. The predicted molar refractivity (Wildman–Crippen MR) is 104 cm³/mol. The molecule has 0 aliphatic heterocycles. The zero-order valence-corrected chi connectivity index (χ0v) is 15.6. The van der Waals surface area contributed by atoms with E-state index >= 15 is 0 Å². The normalized spacial score (nSPS) is 10.9. The highest BCUT2D eigenvalue weighted by Crippen LogP contribution is 2.35. The van der Waals surface area contributed by atoms with Crippen LogP contribution < -0.4 is 0 Å². The van der Waals surface area contributed by atoms with Gasteiger partial charge in [-0.15, -0.1) is 0 Å². The van der Waals surface area contributed by atoms with Crippen LogP contribution in [-0.4, -0.2) is 23.2 Å². The van der Waals surface area contributed by atoms with Crippen molar-refractivity contribution in [2.45, 2.75) is 0 Å². The average molecular weight is 399 g/mol. The number of fused-ring (bicyclic) bond motifs is 1. The molecule has 2 aromatic heterocycles. The number of hydrogen-bond donors (Lipinski definition) is 0. The van der Waals surface area contributed by atoms with E-state index in [0.29, 0.717) is 37.9 Å². The van der Waals surface area contributed by atoms with Crippen molar-refractivity contribution in [2.75, 3.05) is 7.11 Å². The number of nitrogens with zero attached hydrogens (tertiary/aromatic N) is 2. The standard InChI is InChI=1S/C20H12Cl2N2O3/c1-26-20(25)14-10-16(13-8-7-12(21)9-15(13)22)23-19-17(14)18(24-27-19)11-5-3-2-4-6-11/h2-10H,1H3. The van der Waals surface area contributed by atoms with Gasteiger partial charge in [0.15, 0.2) is 0 Å². The van der Waals surface area contributed by atoms with E-state index in [4.69, 9.17) is 32.5 Å². The fourth-order valence-electron chi connectivity index (χ4n) is 2.85. The van der Waals surface area contributed by atoms with Gasteiger partial charge in [0.1, 0.15) is 5.69 Å². The third-order valence-electron chi connectivity index (χ3n) is 4.11. The van der Waals surface area contributed by atoms with Crippen molar-refractivity contribution in [1.29, 1.82) is 0 Å². The molecular weight excluding hydrogens is 387 g/mol. The number of rotatable bonds is 3. The number of carbonyl (C=O) groups is 1. The zero-order valence-electron chi connectivity index (χ0n) is 14.1. The van der Waals surface area contributed by atoms with Crippen LogP contribution in [0.5, 0.6) is 0 Å². The summed E-state index contributed by atoms with van der Waals surface area (Å²) < 4.78 is 10.4. The summed E-state index contributed by atoms with van der Waals surface area (Å²) in [5.74, 6) is -0.519. The lowest BCUT2D eigenvalue weighted by Crippen LogP contribution is -2.04. The maximum Gasteiger partial charge on any atom is 0.338 e. The molecule has 4 aromatic rings. The van der Waals surface area contributed by atoms with Crippen molar-refractivity contribution in [3.8, 4) is 22.5 Å². The fraction of sp³-hybridized carbons (Fsp3) is 0.0500. The van der Waals surface area contributed by atoms with E-state index in [1.165, 1.54) is 7.11 Å². The Kier molecular flexibility index (Phi) is 4.56. The van der Waals surface area contributed by atoms with E-state index < -0.39 is 5.97 Å². The van der Waals surface area contributed by atoms with Gasteiger partial charge in [0.25, 0.3) is 5.71 Å². The lowest BCUT2D eigenvalue weighted by atomic mass is 10.0. The molecule has 0 saturated carbocycles. The van der Waals surface area contributed by atoms with Crippen LogP contribution >= 0.6 is 23.2 Å². The van der Waals surface area contributed by atoms with Crippen LogP contribution in [0.3, 0.4) is 0 Å². The first-order valence-electron chi connectivity index (χ1n) is 7.98. The number of benzene rings is 2. The predicted octanol–water partition coefficient (Wildman–Crippen LogP) is 5.65. The largest absolute Gasteiger partial charge is 0.465 e. The third-order valence-corrected chi connectivity index (χ3v) is 4.65. The molecular formula is C20H12Cl2N2O3. The zero-order chi connectivity index (χ0) is 19.0. The van der Waals surface area contributed by atoms with Crippen LogP contribution in [0.25, 0.3) is 33.6 Å². The van der Waals surface area contributed by atoms with E-state index in [1.807, 2.05) is 30.3 Å². The highest BCUT2D eigenvalue weighted by atomic mass is 35.5. The Morgan fingerprint density at radius 1 is 1.07 bits per heavy atom. The SMILES string of the molecule is COC(=O)c1cc(-c2ccc(Cl)cc2Cl)nc2onc(-c3ccccc3)c12. The molecule has 0 aliphatic carbocycles. The van der Waals surface area contributed by atoms with E-state index in [9.17, 15) is 4.79 Å². The molecule has 0 radical (unpaired) electrons. The number of hydrogen-bond acceptors (Lipinski definition) is 5. The molecule has 0 amide bonds. The first-order valence-corrected chi connectivity index (χ1v) is 8.73. The Labute approximate surface area is 164 Å². The summed E-state index contributed by atoms with van der Waals surface area (Å²) in [5, 5.41) is 5.52. The summed E-state index contributed by atoms with van der Waals surface area (Å²) >= 11 is 12.3. The number of ether oxygens (including phenoxy) is 1. The van der Waals surface area contributed by atoms with Gasteiger partial charge in [-0.3, -0.25) is 0 Å². The minimum Gasteiger partial charge on any atom is -0.465 e. The molecule has 4 rings (SSSR count). The molecule has 2 aromatic carbocycles. The van der Waals surface area contributed by atoms with Gasteiger partial charge in [-0.25, -0.2) is 9.78 Å². The van der Waals surface area contributed by atoms with Crippen LogP contribution in [-0.2, 0) is 4.74 Å². The Hall–Kier alpha value is -2.89.